The van der Waals surface area contributed by atoms with Gasteiger partial charge in [-0.05, 0) is 121 Å². The monoisotopic (exact) mass is 653 g/mol. The number of nitrogens with zero attached hydrogens (tertiary/aromatic N) is 3. The van der Waals surface area contributed by atoms with Gasteiger partial charge in [-0.1, -0.05) is 38.3 Å². The van der Waals surface area contributed by atoms with Crippen LogP contribution in [0.25, 0.3) is 0 Å². The van der Waals surface area contributed by atoms with E-state index in [1.807, 2.05) is 13.0 Å². The van der Waals surface area contributed by atoms with Crippen LogP contribution in [0.3, 0.4) is 0 Å². The van der Waals surface area contributed by atoms with Crippen LogP contribution in [0.4, 0.5) is 13.2 Å². The Morgan fingerprint density at radius 2 is 1.77 bits per heavy atom. The van der Waals surface area contributed by atoms with Crippen molar-refractivity contribution in [1.82, 2.24) is 9.91 Å². The van der Waals surface area contributed by atoms with Crippen LogP contribution in [-0.2, 0) is 4.79 Å². The van der Waals surface area contributed by atoms with E-state index >= 15 is 4.39 Å². The van der Waals surface area contributed by atoms with E-state index in [4.69, 9.17) is 16.2 Å². The Kier molecular flexibility index (Phi) is 15.5. The van der Waals surface area contributed by atoms with Crippen LogP contribution in [0.1, 0.15) is 67.2 Å². The smallest absolute Gasteiger partial charge is 0.201 e. The van der Waals surface area contributed by atoms with Gasteiger partial charge < -0.3 is 21.1 Å². The second-order valence-electron chi connectivity index (χ2n) is 11.9. The van der Waals surface area contributed by atoms with Gasteiger partial charge in [-0.15, -0.1) is 0 Å². The summed E-state index contributed by atoms with van der Waals surface area (Å²) in [6.45, 7) is 20.7. The molecule has 1 aliphatic heterocycles. The summed E-state index contributed by atoms with van der Waals surface area (Å²) in [5, 5.41) is 5.66. The van der Waals surface area contributed by atoms with Crippen LogP contribution in [0.5, 0.6) is 5.75 Å². The first-order chi connectivity index (χ1) is 22.2. The summed E-state index contributed by atoms with van der Waals surface area (Å²) in [7, 11) is 0. The fourth-order valence-corrected chi connectivity index (χ4v) is 5.05. The van der Waals surface area contributed by atoms with Gasteiger partial charge in [-0.25, -0.2) is 13.8 Å². The number of rotatable bonds is 16. The molecule has 0 saturated carbocycles. The van der Waals surface area contributed by atoms with E-state index in [1.165, 1.54) is 29.4 Å². The van der Waals surface area contributed by atoms with Crippen LogP contribution in [0.2, 0.25) is 0 Å². The van der Waals surface area contributed by atoms with Crippen molar-refractivity contribution in [3.05, 3.63) is 113 Å². The maximum absolute atomic E-state index is 15.1. The van der Waals surface area contributed by atoms with Gasteiger partial charge in [0.05, 0.1) is 17.3 Å². The van der Waals surface area contributed by atoms with E-state index in [0.29, 0.717) is 35.7 Å². The third-order valence-electron chi connectivity index (χ3n) is 7.74. The lowest BCUT2D eigenvalue weighted by Gasteiger charge is -2.35. The largest absolute Gasteiger partial charge is 0.459 e. The Labute approximate surface area is 278 Å². The van der Waals surface area contributed by atoms with Crippen LogP contribution in [0, 0.1) is 23.5 Å². The SMILES string of the molecule is C=C(C)/C(=C\C=C(/C)Oc1cccc(F)c1F)N(/N=C\C(C)C(=O)/C(N)=C/C/C=C(\C(F)=C/CC)C1CCN(C(C)C)CC1)C(=C)N. The van der Waals surface area contributed by atoms with Gasteiger partial charge in [-0.2, -0.15) is 9.49 Å². The number of ether oxygens (including phenoxy) is 1. The predicted octanol–water partition coefficient (Wildman–Crippen LogP) is 8.17. The first-order valence-electron chi connectivity index (χ1n) is 15.9. The second kappa shape index (κ2) is 18.7. The zero-order valence-corrected chi connectivity index (χ0v) is 28.5. The average molecular weight is 654 g/mol. The average Bonchev–Trinajstić information content (AvgIpc) is 3.02. The molecule has 0 spiro atoms. The van der Waals surface area contributed by atoms with Gasteiger partial charge >= 0.3 is 0 Å². The fraction of sp³-hybridized carbons (Fsp3) is 0.405. The van der Waals surface area contributed by atoms with E-state index in [0.717, 1.165) is 32.0 Å². The van der Waals surface area contributed by atoms with Gasteiger partial charge in [0.15, 0.2) is 17.3 Å². The van der Waals surface area contributed by atoms with Gasteiger partial charge in [0.1, 0.15) is 17.4 Å². The molecule has 1 aromatic carbocycles. The number of hydrogen-bond acceptors (Lipinski definition) is 7. The van der Waals surface area contributed by atoms with Crippen molar-refractivity contribution in [2.24, 2.45) is 28.4 Å². The molecular formula is C37H50F3N5O2. The maximum atomic E-state index is 15.1. The molecule has 0 radical (unpaired) electrons. The standard InChI is InChI=1S/C37H50F3N5O2/c1-9-12-31(38)30(29-19-21-44(22-20-29)25(4)5)13-10-15-33(42)37(46)26(6)23-43-45(28(8)41)34(24(2)3)18-17-27(7)47-35-16-11-14-32(39)36(35)40/h11-18,23,25-26,29H,2,8-10,19-22,41-42H2,1,3-7H3/b27-17+,30-13-,31-12+,33-15-,34-18+,43-23-. The summed E-state index contributed by atoms with van der Waals surface area (Å²) in [5.74, 6) is -3.27. The first-order valence-corrected chi connectivity index (χ1v) is 15.9. The molecule has 0 amide bonds. The van der Waals surface area contributed by atoms with Crippen LogP contribution >= 0.6 is 0 Å². The van der Waals surface area contributed by atoms with Crippen molar-refractivity contribution in [1.29, 1.82) is 0 Å². The van der Waals surface area contributed by atoms with E-state index in [9.17, 15) is 13.6 Å². The van der Waals surface area contributed by atoms with Crippen molar-refractivity contribution in [2.45, 2.75) is 73.3 Å². The lowest BCUT2D eigenvalue weighted by Crippen LogP contribution is -2.38. The molecule has 1 unspecified atom stereocenters. The molecule has 256 valence electrons. The summed E-state index contributed by atoms with van der Waals surface area (Å²) in [5.41, 5.74) is 13.9. The Morgan fingerprint density at radius 3 is 2.34 bits per heavy atom. The molecule has 4 N–H and O–H groups in total. The van der Waals surface area contributed by atoms with Crippen molar-refractivity contribution >= 4 is 12.0 Å². The van der Waals surface area contributed by atoms with Gasteiger partial charge in [0.25, 0.3) is 0 Å². The molecule has 2 rings (SSSR count). The highest BCUT2D eigenvalue weighted by Crippen LogP contribution is 2.32. The molecule has 0 aliphatic carbocycles. The molecule has 0 bridgehead atoms. The number of carbonyl (C=O) groups is 1. The predicted molar refractivity (Wildman–Crippen MR) is 185 cm³/mol. The zero-order valence-electron chi connectivity index (χ0n) is 28.5. The normalized spacial score (nSPS) is 16.9. The minimum atomic E-state index is -1.10. The Balaban J connectivity index is 2.19. The molecule has 7 nitrogen and oxygen atoms in total. The number of piperidine rings is 1. The van der Waals surface area contributed by atoms with E-state index in [-0.39, 0.29) is 40.6 Å². The maximum Gasteiger partial charge on any atom is 0.201 e. The van der Waals surface area contributed by atoms with Crippen molar-refractivity contribution in [3.8, 4) is 5.75 Å². The number of ketones is 1. The molecule has 1 aromatic rings. The van der Waals surface area contributed by atoms with E-state index in [1.54, 1.807) is 39.0 Å². The number of hydrogen-bond donors (Lipinski definition) is 2. The Morgan fingerprint density at radius 1 is 1.11 bits per heavy atom. The summed E-state index contributed by atoms with van der Waals surface area (Å²) < 4.78 is 48.1. The molecule has 1 saturated heterocycles. The molecule has 10 heteroatoms. The number of carbonyl (C=O) groups excluding carboxylic acids is 1. The number of allylic oxidation sites excluding steroid dienone is 10. The zero-order chi connectivity index (χ0) is 35.3. The number of benzene rings is 1. The third kappa shape index (κ3) is 11.8. The minimum absolute atomic E-state index is 0.0425. The molecule has 1 heterocycles. The number of hydrazone groups is 1. The number of nitrogens with two attached hydrogens (primary N) is 2. The lowest BCUT2D eigenvalue weighted by atomic mass is 9.87. The highest BCUT2D eigenvalue weighted by molar-refractivity contribution is 6.04. The summed E-state index contributed by atoms with van der Waals surface area (Å²) in [4.78, 5) is 15.5. The molecular weight excluding hydrogens is 603 g/mol. The minimum Gasteiger partial charge on any atom is -0.459 e. The Hall–Kier alpha value is -4.31. The topological polar surface area (TPSA) is 97.2 Å². The summed E-state index contributed by atoms with van der Waals surface area (Å²) in [6.07, 6.45) is 12.2. The fourth-order valence-electron chi connectivity index (χ4n) is 5.05. The quantitative estimate of drug-likeness (QED) is 0.0614. The highest BCUT2D eigenvalue weighted by Gasteiger charge is 2.25. The van der Waals surface area contributed by atoms with Gasteiger partial charge in [0.2, 0.25) is 5.82 Å². The molecule has 1 fully saturated rings. The van der Waals surface area contributed by atoms with E-state index in [2.05, 4.69) is 37.0 Å². The van der Waals surface area contributed by atoms with Crippen LogP contribution in [0.15, 0.2) is 107 Å². The lowest BCUT2D eigenvalue weighted by molar-refractivity contribution is -0.117. The first kappa shape index (κ1) is 38.9. The van der Waals surface area contributed by atoms with Crippen molar-refractivity contribution < 1.29 is 22.7 Å². The van der Waals surface area contributed by atoms with Crippen LogP contribution in [-0.4, -0.2) is 41.0 Å². The second-order valence-corrected chi connectivity index (χ2v) is 11.9. The van der Waals surface area contributed by atoms with Crippen molar-refractivity contribution in [3.63, 3.8) is 0 Å². The Bertz CT molecular complexity index is 1460. The summed E-state index contributed by atoms with van der Waals surface area (Å²) >= 11 is 0. The number of halogens is 3. The van der Waals surface area contributed by atoms with Crippen LogP contribution < -0.4 is 16.2 Å². The summed E-state index contributed by atoms with van der Waals surface area (Å²) in [6, 6.07) is 4.10. The molecule has 47 heavy (non-hydrogen) atoms. The molecule has 1 aliphatic rings. The number of likely N-dealkylation sites (tertiary alicyclic amines) is 1. The van der Waals surface area contributed by atoms with Gasteiger partial charge in [-0.3, -0.25) is 4.79 Å². The third-order valence-corrected chi connectivity index (χ3v) is 7.74. The molecule has 0 aromatic heterocycles. The van der Waals surface area contributed by atoms with Crippen molar-refractivity contribution in [2.75, 3.05) is 13.1 Å². The highest BCUT2D eigenvalue weighted by atomic mass is 19.2. The number of Topliss-reactive ketones (excluding diaryl/α,β-unsaturated/α-hetero) is 1. The van der Waals surface area contributed by atoms with E-state index < -0.39 is 17.6 Å². The molecule has 1 atom stereocenters. The van der Waals surface area contributed by atoms with Gasteiger partial charge in [0, 0.05) is 12.3 Å².